The zero-order valence-electron chi connectivity index (χ0n) is 7.74. The third-order valence-corrected chi connectivity index (χ3v) is 2.11. The van der Waals surface area contributed by atoms with Gasteiger partial charge in [0.25, 0.3) is 0 Å². The minimum atomic E-state index is -0.824. The summed E-state index contributed by atoms with van der Waals surface area (Å²) < 4.78 is 10.1. The summed E-state index contributed by atoms with van der Waals surface area (Å²) in [5, 5.41) is 0. The molecule has 14 heavy (non-hydrogen) atoms. The molecule has 1 aromatic rings. The Morgan fingerprint density at radius 3 is 3.14 bits per heavy atom. The number of aryl methyl sites for hydroxylation is 1. The molecule has 0 aromatic carbocycles. The number of amides is 1. The van der Waals surface area contributed by atoms with E-state index in [9.17, 15) is 4.79 Å². The molecule has 0 fully saturated rings. The number of carbonyl (C=O) groups is 1. The van der Waals surface area contributed by atoms with Crippen molar-refractivity contribution in [2.24, 2.45) is 5.73 Å². The van der Waals surface area contributed by atoms with Crippen molar-refractivity contribution in [3.05, 3.63) is 23.0 Å². The predicted molar refractivity (Wildman–Crippen MR) is 47.7 cm³/mol. The first-order valence-electron chi connectivity index (χ1n) is 4.21. The Balaban J connectivity index is 2.46. The van der Waals surface area contributed by atoms with Gasteiger partial charge in [-0.05, 0) is 6.92 Å². The lowest BCUT2D eigenvalue weighted by Crippen LogP contribution is -2.18. The molecule has 2 N–H and O–H groups in total. The molecule has 0 saturated carbocycles. The zero-order chi connectivity index (χ0) is 10.1. The maximum atomic E-state index is 10.7. The zero-order valence-corrected chi connectivity index (χ0v) is 7.74. The van der Waals surface area contributed by atoms with E-state index < -0.39 is 6.09 Å². The second-order valence-corrected chi connectivity index (χ2v) is 3.09. The van der Waals surface area contributed by atoms with Gasteiger partial charge in [0.2, 0.25) is 0 Å². The number of carbonyl (C=O) groups excluding carboxylic acids is 1. The van der Waals surface area contributed by atoms with Crippen LogP contribution in [0, 0.1) is 6.92 Å². The van der Waals surface area contributed by atoms with Crippen LogP contribution >= 0.6 is 0 Å². The van der Waals surface area contributed by atoms with E-state index in [1.807, 2.05) is 0 Å². The molecule has 0 radical (unpaired) electrons. The fraction of sp³-hybridized carbons (Fsp3) is 0.333. The van der Waals surface area contributed by atoms with Crippen molar-refractivity contribution in [1.29, 1.82) is 0 Å². The van der Waals surface area contributed by atoms with E-state index in [0.29, 0.717) is 24.7 Å². The van der Waals surface area contributed by atoms with Crippen LogP contribution in [0.25, 0.3) is 0 Å². The lowest BCUT2D eigenvalue weighted by molar-refractivity contribution is 0.133. The Kier molecular flexibility index (Phi) is 2.09. The first-order valence-corrected chi connectivity index (χ1v) is 4.21. The summed E-state index contributed by atoms with van der Waals surface area (Å²) in [4.78, 5) is 14.7. The number of hydrogen-bond donors (Lipinski definition) is 1. The molecule has 0 unspecified atom stereocenters. The minimum Gasteiger partial charge on any atom is -0.408 e. The van der Waals surface area contributed by atoms with Gasteiger partial charge in [-0.25, -0.2) is 4.79 Å². The van der Waals surface area contributed by atoms with E-state index >= 15 is 0 Å². The molecular formula is C9H10N2O3. The van der Waals surface area contributed by atoms with Gasteiger partial charge in [-0.1, -0.05) is 0 Å². The SMILES string of the molecule is Cc1ncc2c(c1OC(N)=O)COC2. The first kappa shape index (κ1) is 8.96. The van der Waals surface area contributed by atoms with Crippen LogP contribution in [-0.4, -0.2) is 11.1 Å². The average molecular weight is 194 g/mol. The molecular weight excluding hydrogens is 184 g/mol. The van der Waals surface area contributed by atoms with Crippen molar-refractivity contribution in [2.45, 2.75) is 20.1 Å². The van der Waals surface area contributed by atoms with Gasteiger partial charge < -0.3 is 15.2 Å². The molecule has 1 aliphatic rings. The number of nitrogens with two attached hydrogens (primary N) is 1. The molecule has 2 rings (SSSR count). The first-order chi connectivity index (χ1) is 6.68. The number of fused-ring (bicyclic) bond motifs is 1. The van der Waals surface area contributed by atoms with Crippen molar-refractivity contribution in [2.75, 3.05) is 0 Å². The monoisotopic (exact) mass is 194 g/mol. The Morgan fingerprint density at radius 1 is 1.64 bits per heavy atom. The van der Waals surface area contributed by atoms with Crippen LogP contribution < -0.4 is 10.5 Å². The van der Waals surface area contributed by atoms with E-state index in [1.165, 1.54) is 0 Å². The third kappa shape index (κ3) is 1.42. The van der Waals surface area contributed by atoms with Crippen molar-refractivity contribution < 1.29 is 14.3 Å². The molecule has 0 aliphatic carbocycles. The van der Waals surface area contributed by atoms with Gasteiger partial charge >= 0.3 is 6.09 Å². The highest BCUT2D eigenvalue weighted by atomic mass is 16.6. The largest absolute Gasteiger partial charge is 0.410 e. The Morgan fingerprint density at radius 2 is 2.43 bits per heavy atom. The van der Waals surface area contributed by atoms with E-state index in [-0.39, 0.29) is 0 Å². The normalized spacial score (nSPS) is 13.8. The van der Waals surface area contributed by atoms with Gasteiger partial charge in [0.1, 0.15) is 0 Å². The fourth-order valence-electron chi connectivity index (χ4n) is 1.46. The van der Waals surface area contributed by atoms with Gasteiger partial charge in [0.05, 0.1) is 18.9 Å². The van der Waals surface area contributed by atoms with Crippen LogP contribution in [0.3, 0.4) is 0 Å². The highest BCUT2D eigenvalue weighted by molar-refractivity contribution is 5.69. The summed E-state index contributed by atoms with van der Waals surface area (Å²) in [6, 6.07) is 0. The molecule has 5 nitrogen and oxygen atoms in total. The molecule has 0 saturated heterocycles. The third-order valence-electron chi connectivity index (χ3n) is 2.11. The van der Waals surface area contributed by atoms with E-state index in [4.69, 9.17) is 15.2 Å². The molecule has 0 spiro atoms. The number of aromatic nitrogens is 1. The number of pyridine rings is 1. The van der Waals surface area contributed by atoms with Crippen LogP contribution in [0.1, 0.15) is 16.8 Å². The molecule has 0 bridgehead atoms. The van der Waals surface area contributed by atoms with Crippen LogP contribution in [0.4, 0.5) is 4.79 Å². The summed E-state index contributed by atoms with van der Waals surface area (Å²) in [7, 11) is 0. The lowest BCUT2D eigenvalue weighted by Gasteiger charge is -2.08. The van der Waals surface area contributed by atoms with E-state index in [1.54, 1.807) is 13.1 Å². The Bertz CT molecular complexity index is 390. The average Bonchev–Trinajstić information content (AvgIpc) is 2.57. The number of nitrogens with zero attached hydrogens (tertiary/aromatic N) is 1. The lowest BCUT2D eigenvalue weighted by atomic mass is 10.1. The van der Waals surface area contributed by atoms with E-state index in [0.717, 1.165) is 11.1 Å². The van der Waals surface area contributed by atoms with Gasteiger partial charge in [-0.3, -0.25) is 4.98 Å². The van der Waals surface area contributed by atoms with Crippen molar-refractivity contribution in [3.8, 4) is 5.75 Å². The number of hydrogen-bond acceptors (Lipinski definition) is 4. The summed E-state index contributed by atoms with van der Waals surface area (Å²) in [5.74, 6) is 0.438. The predicted octanol–water partition coefficient (Wildman–Crippen LogP) is 0.878. The van der Waals surface area contributed by atoms with Crippen molar-refractivity contribution in [3.63, 3.8) is 0 Å². The Labute approximate surface area is 80.8 Å². The van der Waals surface area contributed by atoms with Crippen molar-refractivity contribution in [1.82, 2.24) is 4.98 Å². The van der Waals surface area contributed by atoms with Gasteiger partial charge in [0, 0.05) is 17.3 Å². The van der Waals surface area contributed by atoms with Crippen LogP contribution in [0.15, 0.2) is 6.20 Å². The van der Waals surface area contributed by atoms with Gasteiger partial charge in [-0.2, -0.15) is 0 Å². The van der Waals surface area contributed by atoms with Crippen LogP contribution in [0.5, 0.6) is 5.75 Å². The standard InChI is InChI=1S/C9H10N2O3/c1-5-8(14-9(10)12)7-4-13-3-6(7)2-11-5/h2H,3-4H2,1H3,(H2,10,12). The summed E-state index contributed by atoms with van der Waals surface area (Å²) in [6.07, 6.45) is 0.904. The molecule has 2 heterocycles. The smallest absolute Gasteiger partial charge is 0.408 e. The number of primary amides is 1. The van der Waals surface area contributed by atoms with Crippen molar-refractivity contribution >= 4 is 6.09 Å². The second-order valence-electron chi connectivity index (χ2n) is 3.09. The maximum Gasteiger partial charge on any atom is 0.410 e. The summed E-state index contributed by atoms with van der Waals surface area (Å²) >= 11 is 0. The molecule has 74 valence electrons. The van der Waals surface area contributed by atoms with Gasteiger partial charge in [-0.15, -0.1) is 0 Å². The minimum absolute atomic E-state index is 0.438. The van der Waals surface area contributed by atoms with Crippen LogP contribution in [0.2, 0.25) is 0 Å². The number of ether oxygens (including phenoxy) is 2. The molecule has 1 aromatic heterocycles. The highest BCUT2D eigenvalue weighted by Crippen LogP contribution is 2.30. The fourth-order valence-corrected chi connectivity index (χ4v) is 1.46. The number of rotatable bonds is 1. The maximum absolute atomic E-state index is 10.7. The molecule has 0 atom stereocenters. The molecule has 1 aliphatic heterocycles. The topological polar surface area (TPSA) is 74.4 Å². The molecule has 5 heteroatoms. The molecule has 1 amide bonds. The van der Waals surface area contributed by atoms with Crippen LogP contribution in [-0.2, 0) is 18.0 Å². The second kappa shape index (κ2) is 3.26. The summed E-state index contributed by atoms with van der Waals surface area (Å²) in [5.41, 5.74) is 7.43. The summed E-state index contributed by atoms with van der Waals surface area (Å²) in [6.45, 7) is 2.72. The quantitative estimate of drug-likeness (QED) is 0.720. The van der Waals surface area contributed by atoms with E-state index in [2.05, 4.69) is 4.98 Å². The van der Waals surface area contributed by atoms with Gasteiger partial charge in [0.15, 0.2) is 5.75 Å². The Hall–Kier alpha value is -1.62. The highest BCUT2D eigenvalue weighted by Gasteiger charge is 2.20.